The molecule has 1 aliphatic rings. The maximum Gasteiger partial charge on any atom is 0.409 e. The Morgan fingerprint density at radius 3 is 2.42 bits per heavy atom. The fraction of sp³-hybridized carbons (Fsp3) is 0.565. The van der Waals surface area contributed by atoms with Gasteiger partial charge in [-0.3, -0.25) is 4.68 Å². The van der Waals surface area contributed by atoms with Gasteiger partial charge in [-0.15, -0.1) is 0 Å². The third-order valence-corrected chi connectivity index (χ3v) is 6.95. The van der Waals surface area contributed by atoms with Crippen LogP contribution < -0.4 is 0 Å². The van der Waals surface area contributed by atoms with Crippen molar-refractivity contribution in [2.24, 2.45) is 0 Å². The third kappa shape index (κ3) is 6.09. The zero-order chi connectivity index (χ0) is 22.4. The summed E-state index contributed by atoms with van der Waals surface area (Å²) in [4.78, 5) is 14.3. The monoisotopic (exact) mass is 447 g/mol. The number of aromatic nitrogens is 2. The normalized spacial score (nSPS) is 15.3. The summed E-state index contributed by atoms with van der Waals surface area (Å²) in [7, 11) is -3.19. The number of hydrogen-bond donors (Lipinski definition) is 0. The smallest absolute Gasteiger partial charge is 0.409 e. The highest BCUT2D eigenvalue weighted by Gasteiger charge is 2.27. The molecule has 0 unspecified atom stereocenters. The zero-order valence-electron chi connectivity index (χ0n) is 18.7. The van der Waals surface area contributed by atoms with Gasteiger partial charge >= 0.3 is 6.09 Å². The number of hydrogen-bond acceptors (Lipinski definition) is 5. The van der Waals surface area contributed by atoms with Gasteiger partial charge in [0.05, 0.1) is 23.7 Å². The molecule has 1 aliphatic heterocycles. The van der Waals surface area contributed by atoms with E-state index < -0.39 is 9.84 Å². The van der Waals surface area contributed by atoms with Gasteiger partial charge < -0.3 is 9.64 Å². The van der Waals surface area contributed by atoms with Gasteiger partial charge in [0.25, 0.3) is 0 Å². The van der Waals surface area contributed by atoms with Crippen LogP contribution in [0.3, 0.4) is 0 Å². The first-order chi connectivity index (χ1) is 14.8. The van der Waals surface area contributed by atoms with E-state index in [2.05, 4.69) is 20.0 Å². The number of carbonyl (C=O) groups is 1. The Balaban J connectivity index is 1.63. The highest BCUT2D eigenvalue weighted by atomic mass is 32.2. The summed E-state index contributed by atoms with van der Waals surface area (Å²) in [6.07, 6.45) is 7.72. The molecular weight excluding hydrogens is 414 g/mol. The summed E-state index contributed by atoms with van der Waals surface area (Å²) in [6.45, 7) is 6.69. The topological polar surface area (TPSA) is 81.5 Å². The minimum absolute atomic E-state index is 0.198. The van der Waals surface area contributed by atoms with Crippen molar-refractivity contribution in [2.75, 3.05) is 26.0 Å². The van der Waals surface area contributed by atoms with Crippen molar-refractivity contribution in [3.63, 3.8) is 0 Å². The molecule has 1 fully saturated rings. The first-order valence-electron chi connectivity index (χ1n) is 11.1. The quantitative estimate of drug-likeness (QED) is 0.571. The molecule has 1 amide bonds. The maximum absolute atomic E-state index is 12.2. The van der Waals surface area contributed by atoms with Crippen LogP contribution in [0.4, 0.5) is 4.79 Å². The molecule has 0 spiro atoms. The standard InChI is InChI=1S/C23H33N3O4S/c1-4-6-15-30-23(27)25-13-11-19(12-14-25)21-17-26(24-22(21)5-2)16-18-7-9-20(10-8-18)31(3,28)29/h7-10,17,19H,4-6,11-16H2,1-3H3. The molecule has 1 aromatic carbocycles. The second kappa shape index (κ2) is 10.3. The van der Waals surface area contributed by atoms with Crippen molar-refractivity contribution in [1.82, 2.24) is 14.7 Å². The van der Waals surface area contributed by atoms with Gasteiger partial charge in [0, 0.05) is 25.5 Å². The van der Waals surface area contributed by atoms with Crippen LogP contribution in [0.5, 0.6) is 0 Å². The van der Waals surface area contributed by atoms with E-state index in [0.29, 0.717) is 37.1 Å². The molecule has 7 nitrogen and oxygen atoms in total. The Hall–Kier alpha value is -2.35. The molecule has 2 heterocycles. The van der Waals surface area contributed by atoms with Crippen LogP contribution in [0.2, 0.25) is 0 Å². The number of rotatable bonds is 8. The summed E-state index contributed by atoms with van der Waals surface area (Å²) in [5.74, 6) is 0.385. The number of amides is 1. The molecule has 0 N–H and O–H groups in total. The van der Waals surface area contributed by atoms with Gasteiger partial charge in [-0.25, -0.2) is 13.2 Å². The Labute approximate surface area is 185 Å². The predicted molar refractivity (Wildman–Crippen MR) is 120 cm³/mol. The van der Waals surface area contributed by atoms with Crippen molar-refractivity contribution < 1.29 is 17.9 Å². The number of benzene rings is 1. The Morgan fingerprint density at radius 2 is 1.84 bits per heavy atom. The SMILES string of the molecule is CCCCOC(=O)N1CCC(c2cn(Cc3ccc(S(C)(=O)=O)cc3)nc2CC)CC1. The summed E-state index contributed by atoms with van der Waals surface area (Å²) in [6, 6.07) is 6.97. The average molecular weight is 448 g/mol. The van der Waals surface area contributed by atoms with Gasteiger partial charge in [0.1, 0.15) is 0 Å². The number of ether oxygens (including phenoxy) is 1. The van der Waals surface area contributed by atoms with E-state index in [1.165, 1.54) is 11.8 Å². The number of aryl methyl sites for hydroxylation is 1. The van der Waals surface area contributed by atoms with E-state index in [0.717, 1.165) is 43.4 Å². The molecule has 8 heteroatoms. The molecule has 0 radical (unpaired) electrons. The Bertz CT molecular complexity index is 975. The van der Waals surface area contributed by atoms with E-state index in [1.807, 2.05) is 21.7 Å². The van der Waals surface area contributed by atoms with Crippen LogP contribution in [-0.2, 0) is 27.5 Å². The number of piperidine rings is 1. The molecule has 0 atom stereocenters. The lowest BCUT2D eigenvalue weighted by molar-refractivity contribution is 0.0915. The summed E-state index contributed by atoms with van der Waals surface area (Å²) in [5, 5.41) is 4.77. The summed E-state index contributed by atoms with van der Waals surface area (Å²) in [5.41, 5.74) is 3.36. The molecule has 0 saturated carbocycles. The molecule has 3 rings (SSSR count). The van der Waals surface area contributed by atoms with Crippen LogP contribution in [0.15, 0.2) is 35.4 Å². The molecule has 1 aromatic heterocycles. The Kier molecular flexibility index (Phi) is 7.75. The van der Waals surface area contributed by atoms with Crippen LogP contribution in [-0.4, -0.2) is 55.1 Å². The van der Waals surface area contributed by atoms with Crippen molar-refractivity contribution in [2.45, 2.75) is 63.3 Å². The molecule has 0 bridgehead atoms. The lowest BCUT2D eigenvalue weighted by Crippen LogP contribution is -2.38. The van der Waals surface area contributed by atoms with Crippen molar-refractivity contribution in [3.8, 4) is 0 Å². The number of carbonyl (C=O) groups excluding carboxylic acids is 1. The lowest BCUT2D eigenvalue weighted by Gasteiger charge is -2.31. The molecule has 31 heavy (non-hydrogen) atoms. The van der Waals surface area contributed by atoms with E-state index in [-0.39, 0.29) is 6.09 Å². The minimum atomic E-state index is -3.19. The average Bonchev–Trinajstić information content (AvgIpc) is 3.16. The van der Waals surface area contributed by atoms with E-state index >= 15 is 0 Å². The van der Waals surface area contributed by atoms with Crippen LogP contribution in [0, 0.1) is 0 Å². The number of nitrogens with zero attached hydrogens (tertiary/aromatic N) is 3. The third-order valence-electron chi connectivity index (χ3n) is 5.82. The fourth-order valence-electron chi connectivity index (χ4n) is 3.97. The van der Waals surface area contributed by atoms with Gasteiger partial charge in [0.2, 0.25) is 0 Å². The molecule has 0 aliphatic carbocycles. The Morgan fingerprint density at radius 1 is 1.16 bits per heavy atom. The largest absolute Gasteiger partial charge is 0.449 e. The predicted octanol–water partition coefficient (Wildman–Crippen LogP) is 4.01. The highest BCUT2D eigenvalue weighted by Crippen LogP contribution is 2.31. The fourth-order valence-corrected chi connectivity index (χ4v) is 4.60. The summed E-state index contributed by atoms with van der Waals surface area (Å²) < 4.78 is 30.6. The van der Waals surface area contributed by atoms with E-state index in [1.54, 1.807) is 12.1 Å². The lowest BCUT2D eigenvalue weighted by atomic mass is 9.89. The first kappa shape index (κ1) is 23.3. The maximum atomic E-state index is 12.2. The van der Waals surface area contributed by atoms with Crippen molar-refractivity contribution in [1.29, 1.82) is 0 Å². The number of sulfone groups is 1. The first-order valence-corrected chi connectivity index (χ1v) is 13.0. The molecule has 1 saturated heterocycles. The number of likely N-dealkylation sites (tertiary alicyclic amines) is 1. The highest BCUT2D eigenvalue weighted by molar-refractivity contribution is 7.90. The molecule has 170 valence electrons. The second-order valence-corrected chi connectivity index (χ2v) is 10.2. The van der Waals surface area contributed by atoms with Crippen LogP contribution >= 0.6 is 0 Å². The van der Waals surface area contributed by atoms with Gasteiger partial charge in [-0.1, -0.05) is 32.4 Å². The minimum Gasteiger partial charge on any atom is -0.449 e. The second-order valence-electron chi connectivity index (χ2n) is 8.23. The van der Waals surface area contributed by atoms with E-state index in [9.17, 15) is 13.2 Å². The zero-order valence-corrected chi connectivity index (χ0v) is 19.5. The van der Waals surface area contributed by atoms with Gasteiger partial charge in [-0.2, -0.15) is 5.10 Å². The van der Waals surface area contributed by atoms with Crippen molar-refractivity contribution >= 4 is 15.9 Å². The molecular formula is C23H33N3O4S. The summed E-state index contributed by atoms with van der Waals surface area (Å²) >= 11 is 0. The van der Waals surface area contributed by atoms with Gasteiger partial charge in [0.15, 0.2) is 9.84 Å². The van der Waals surface area contributed by atoms with E-state index in [4.69, 9.17) is 9.84 Å². The van der Waals surface area contributed by atoms with Crippen LogP contribution in [0.25, 0.3) is 0 Å². The molecule has 2 aromatic rings. The number of unbranched alkanes of at least 4 members (excludes halogenated alkanes) is 1. The van der Waals surface area contributed by atoms with Gasteiger partial charge in [-0.05, 0) is 54.9 Å². The van der Waals surface area contributed by atoms with Crippen LogP contribution in [0.1, 0.15) is 62.3 Å². The van der Waals surface area contributed by atoms with Crippen molar-refractivity contribution in [3.05, 3.63) is 47.3 Å².